The van der Waals surface area contributed by atoms with Gasteiger partial charge in [0.05, 0.1) is 37.5 Å². The molecule has 0 spiro atoms. The van der Waals surface area contributed by atoms with Crippen molar-refractivity contribution in [2.45, 2.75) is 19.5 Å². The van der Waals surface area contributed by atoms with E-state index in [9.17, 15) is 14.7 Å². The molecule has 186 valence electrons. The van der Waals surface area contributed by atoms with Crippen LogP contribution >= 0.6 is 11.6 Å². The maximum atomic E-state index is 13.3. The van der Waals surface area contributed by atoms with Crippen LogP contribution in [0.5, 0.6) is 17.2 Å². The molecule has 8 heteroatoms. The number of ketones is 1. The van der Waals surface area contributed by atoms with Gasteiger partial charge < -0.3 is 24.2 Å². The highest BCUT2D eigenvalue weighted by Gasteiger charge is 2.46. The van der Waals surface area contributed by atoms with Crippen LogP contribution in [0.4, 0.5) is 0 Å². The summed E-state index contributed by atoms with van der Waals surface area (Å²) < 4.78 is 16.1. The molecule has 0 aromatic heterocycles. The summed E-state index contributed by atoms with van der Waals surface area (Å²) in [5.41, 5.74) is 1.56. The van der Waals surface area contributed by atoms with Gasteiger partial charge in [-0.2, -0.15) is 0 Å². The molecule has 1 heterocycles. The van der Waals surface area contributed by atoms with Crippen LogP contribution in [0.3, 0.4) is 0 Å². The Bertz CT molecular complexity index is 1320. The maximum Gasteiger partial charge on any atom is 0.295 e. The van der Waals surface area contributed by atoms with Crippen molar-refractivity contribution < 1.29 is 28.9 Å². The van der Waals surface area contributed by atoms with Crippen molar-refractivity contribution in [3.63, 3.8) is 0 Å². The lowest BCUT2D eigenvalue weighted by Crippen LogP contribution is -2.29. The van der Waals surface area contributed by atoms with Crippen molar-refractivity contribution in [3.05, 3.63) is 94.0 Å². The molecule has 36 heavy (non-hydrogen) atoms. The molecule has 7 nitrogen and oxygen atoms in total. The number of nitrogens with zero attached hydrogens (tertiary/aromatic N) is 1. The van der Waals surface area contributed by atoms with E-state index in [0.29, 0.717) is 29.4 Å². The number of ether oxygens (including phenoxy) is 3. The molecule has 0 saturated carbocycles. The van der Waals surface area contributed by atoms with E-state index >= 15 is 0 Å². The van der Waals surface area contributed by atoms with Crippen LogP contribution in [0.25, 0.3) is 5.76 Å². The number of hydrogen-bond acceptors (Lipinski definition) is 6. The number of Topliss-reactive ketones (excluding diaryl/α,β-unsaturated/α-hetero) is 1. The smallest absolute Gasteiger partial charge is 0.295 e. The number of likely N-dealkylation sites (tertiary alicyclic amines) is 1. The minimum atomic E-state index is -0.853. The van der Waals surface area contributed by atoms with Crippen molar-refractivity contribution in [2.75, 3.05) is 20.8 Å². The van der Waals surface area contributed by atoms with Crippen LogP contribution in [0.2, 0.25) is 5.02 Å². The number of aliphatic hydroxyl groups is 1. The lowest BCUT2D eigenvalue weighted by molar-refractivity contribution is -0.140. The fourth-order valence-corrected chi connectivity index (χ4v) is 4.44. The minimum Gasteiger partial charge on any atom is -0.507 e. The second-order valence-electron chi connectivity index (χ2n) is 8.13. The van der Waals surface area contributed by atoms with E-state index in [-0.39, 0.29) is 28.5 Å². The lowest BCUT2D eigenvalue weighted by atomic mass is 9.95. The maximum absolute atomic E-state index is 13.3. The molecule has 1 N–H and O–H groups in total. The van der Waals surface area contributed by atoms with Gasteiger partial charge in [0.25, 0.3) is 11.7 Å². The Morgan fingerprint density at radius 1 is 0.944 bits per heavy atom. The fourth-order valence-electron chi connectivity index (χ4n) is 4.23. The van der Waals surface area contributed by atoms with Gasteiger partial charge in [0, 0.05) is 12.1 Å². The zero-order valence-corrected chi connectivity index (χ0v) is 20.9. The number of methoxy groups -OCH3 is 2. The Kier molecular flexibility index (Phi) is 7.50. The first-order valence-electron chi connectivity index (χ1n) is 11.4. The van der Waals surface area contributed by atoms with E-state index in [4.69, 9.17) is 25.8 Å². The van der Waals surface area contributed by atoms with Crippen molar-refractivity contribution in [1.29, 1.82) is 0 Å². The highest BCUT2D eigenvalue weighted by Crippen LogP contribution is 2.42. The number of rotatable bonds is 8. The summed E-state index contributed by atoms with van der Waals surface area (Å²) in [4.78, 5) is 28.1. The molecule has 1 saturated heterocycles. The second-order valence-corrected chi connectivity index (χ2v) is 8.53. The fraction of sp³-hybridized carbons (Fsp3) is 0.214. The van der Waals surface area contributed by atoms with Gasteiger partial charge in [-0.25, -0.2) is 0 Å². The predicted octanol–water partition coefficient (Wildman–Crippen LogP) is 5.38. The molecule has 1 atom stereocenters. The molecule has 1 fully saturated rings. The third-order valence-corrected chi connectivity index (χ3v) is 6.29. The van der Waals surface area contributed by atoms with Crippen LogP contribution in [0.1, 0.15) is 29.7 Å². The summed E-state index contributed by atoms with van der Waals surface area (Å²) >= 11 is 6.37. The highest BCUT2D eigenvalue weighted by atomic mass is 35.5. The van der Waals surface area contributed by atoms with Gasteiger partial charge in [-0.05, 0) is 60.5 Å². The average Bonchev–Trinajstić information content (AvgIpc) is 3.14. The highest BCUT2D eigenvalue weighted by molar-refractivity contribution is 6.47. The number of carbonyl (C=O) groups is 2. The Labute approximate surface area is 214 Å². The molecule has 0 bridgehead atoms. The SMILES string of the molecule is CCOc1cccc(CN2C(=O)C(=O)/C(=C(/O)c3cc(OC)ccc3Cl)C2c2ccc(OC)cc2)c1. The number of hydrogen-bond donors (Lipinski definition) is 1. The quantitative estimate of drug-likeness (QED) is 0.250. The van der Waals surface area contributed by atoms with E-state index < -0.39 is 17.7 Å². The summed E-state index contributed by atoms with van der Waals surface area (Å²) in [6.45, 7) is 2.52. The number of aliphatic hydroxyl groups excluding tert-OH is 1. The van der Waals surface area contributed by atoms with Crippen LogP contribution in [0.15, 0.2) is 72.3 Å². The molecule has 0 radical (unpaired) electrons. The van der Waals surface area contributed by atoms with Gasteiger partial charge in [0.15, 0.2) is 0 Å². The molecule has 3 aromatic rings. The molecule has 1 aliphatic heterocycles. The Morgan fingerprint density at radius 3 is 2.31 bits per heavy atom. The van der Waals surface area contributed by atoms with Crippen LogP contribution in [0, 0.1) is 0 Å². The van der Waals surface area contributed by atoms with E-state index in [1.807, 2.05) is 31.2 Å². The number of amides is 1. The molecule has 1 aliphatic rings. The topological polar surface area (TPSA) is 85.3 Å². The largest absolute Gasteiger partial charge is 0.507 e. The van der Waals surface area contributed by atoms with Gasteiger partial charge in [-0.3, -0.25) is 9.59 Å². The zero-order chi connectivity index (χ0) is 25.8. The van der Waals surface area contributed by atoms with E-state index in [1.165, 1.54) is 18.1 Å². The Morgan fingerprint density at radius 2 is 1.64 bits per heavy atom. The van der Waals surface area contributed by atoms with Crippen LogP contribution in [-0.2, 0) is 16.1 Å². The monoisotopic (exact) mass is 507 g/mol. The number of halogens is 1. The third kappa shape index (κ3) is 4.88. The minimum absolute atomic E-state index is 0.0544. The molecular formula is C28H26ClNO6. The summed E-state index contributed by atoms with van der Waals surface area (Å²) in [6.07, 6.45) is 0. The van der Waals surface area contributed by atoms with E-state index in [0.717, 1.165) is 5.56 Å². The molecule has 4 rings (SSSR count). The van der Waals surface area contributed by atoms with E-state index in [2.05, 4.69) is 0 Å². The number of benzene rings is 3. The van der Waals surface area contributed by atoms with E-state index in [1.54, 1.807) is 43.5 Å². The number of carbonyl (C=O) groups excluding carboxylic acids is 2. The molecule has 1 amide bonds. The van der Waals surface area contributed by atoms with Crippen LogP contribution in [-0.4, -0.2) is 42.5 Å². The second kappa shape index (κ2) is 10.7. The summed E-state index contributed by atoms with van der Waals surface area (Å²) in [6, 6.07) is 18.2. The van der Waals surface area contributed by atoms with Crippen molar-refractivity contribution in [2.24, 2.45) is 0 Å². The van der Waals surface area contributed by atoms with Gasteiger partial charge in [-0.15, -0.1) is 0 Å². The molecular weight excluding hydrogens is 482 g/mol. The zero-order valence-electron chi connectivity index (χ0n) is 20.2. The Balaban J connectivity index is 1.86. The Hall–Kier alpha value is -3.97. The third-order valence-electron chi connectivity index (χ3n) is 5.96. The van der Waals surface area contributed by atoms with Crippen molar-refractivity contribution in [3.8, 4) is 17.2 Å². The molecule has 1 unspecified atom stereocenters. The van der Waals surface area contributed by atoms with Crippen molar-refractivity contribution in [1.82, 2.24) is 4.90 Å². The summed E-state index contributed by atoms with van der Waals surface area (Å²) in [5.74, 6) is -0.161. The lowest BCUT2D eigenvalue weighted by Gasteiger charge is -2.26. The van der Waals surface area contributed by atoms with Gasteiger partial charge in [0.2, 0.25) is 0 Å². The standard InChI is InChI=1S/C28H26ClNO6/c1-4-36-21-7-5-6-17(14-21)16-30-25(18-8-10-19(34-2)11-9-18)24(27(32)28(30)33)26(31)22-15-20(35-3)12-13-23(22)29/h5-15,25,31H,4,16H2,1-3H3/b26-24+. The predicted molar refractivity (Wildman–Crippen MR) is 136 cm³/mol. The molecule has 0 aliphatic carbocycles. The average molecular weight is 508 g/mol. The van der Waals surface area contributed by atoms with Gasteiger partial charge in [-0.1, -0.05) is 35.9 Å². The van der Waals surface area contributed by atoms with Crippen LogP contribution < -0.4 is 14.2 Å². The summed E-state index contributed by atoms with van der Waals surface area (Å²) in [7, 11) is 3.04. The first-order chi connectivity index (χ1) is 17.4. The first kappa shape index (κ1) is 25.1. The molecule has 3 aromatic carbocycles. The van der Waals surface area contributed by atoms with Gasteiger partial charge in [0.1, 0.15) is 23.0 Å². The first-order valence-corrected chi connectivity index (χ1v) is 11.7. The van der Waals surface area contributed by atoms with Crippen molar-refractivity contribution >= 4 is 29.1 Å². The normalized spacial score (nSPS) is 16.8. The summed E-state index contributed by atoms with van der Waals surface area (Å²) in [5, 5.41) is 11.6. The van der Waals surface area contributed by atoms with Gasteiger partial charge >= 0.3 is 0 Å².